The summed E-state index contributed by atoms with van der Waals surface area (Å²) in [5, 5.41) is 15.4. The molecule has 1 aromatic heterocycles. The lowest BCUT2D eigenvalue weighted by atomic mass is 10.00. The minimum atomic E-state index is -0.923. The lowest BCUT2D eigenvalue weighted by molar-refractivity contribution is 0.103. The van der Waals surface area contributed by atoms with Crippen LogP contribution in [0, 0.1) is 0 Å². The third-order valence-corrected chi connectivity index (χ3v) is 6.32. The molecule has 0 aliphatic carbocycles. The van der Waals surface area contributed by atoms with E-state index in [9.17, 15) is 9.90 Å². The molecule has 0 bridgehead atoms. The molecule has 28 heavy (non-hydrogen) atoms. The van der Waals surface area contributed by atoms with Gasteiger partial charge in [-0.05, 0) is 29.8 Å². The maximum atomic E-state index is 12.9. The molecule has 0 aliphatic heterocycles. The standard InChI is InChI=1S/C22H15Cl2NO2S/c23-14-10-11-17(16(12-14)20(26)13-6-2-1-3-7-13)25-22(27)21-19(24)15-8-4-5-9-18(15)28-21/h1-12,20,26H,(H,25,27). The van der Waals surface area contributed by atoms with Crippen molar-refractivity contribution in [1.29, 1.82) is 0 Å². The monoisotopic (exact) mass is 427 g/mol. The number of rotatable bonds is 4. The topological polar surface area (TPSA) is 49.3 Å². The van der Waals surface area contributed by atoms with Crippen molar-refractivity contribution in [3.8, 4) is 0 Å². The summed E-state index contributed by atoms with van der Waals surface area (Å²) in [4.78, 5) is 13.3. The molecule has 6 heteroatoms. The van der Waals surface area contributed by atoms with Gasteiger partial charge in [-0.3, -0.25) is 4.79 Å². The van der Waals surface area contributed by atoms with E-state index in [1.165, 1.54) is 11.3 Å². The fourth-order valence-electron chi connectivity index (χ4n) is 3.03. The third kappa shape index (κ3) is 3.64. The Morgan fingerprint density at radius 2 is 1.68 bits per heavy atom. The minimum absolute atomic E-state index is 0.324. The smallest absolute Gasteiger partial charge is 0.267 e. The van der Waals surface area contributed by atoms with Crippen molar-refractivity contribution in [3.05, 3.63) is 98.8 Å². The van der Waals surface area contributed by atoms with E-state index in [0.29, 0.717) is 31.7 Å². The lowest BCUT2D eigenvalue weighted by Gasteiger charge is -2.17. The van der Waals surface area contributed by atoms with Crippen molar-refractivity contribution in [3.63, 3.8) is 0 Å². The van der Waals surface area contributed by atoms with E-state index in [1.807, 2.05) is 54.6 Å². The fraction of sp³-hybridized carbons (Fsp3) is 0.0455. The fourth-order valence-corrected chi connectivity index (χ4v) is 4.62. The van der Waals surface area contributed by atoms with Gasteiger partial charge in [-0.2, -0.15) is 0 Å². The number of amides is 1. The number of hydrogen-bond acceptors (Lipinski definition) is 3. The van der Waals surface area contributed by atoms with E-state index in [1.54, 1.807) is 18.2 Å². The lowest BCUT2D eigenvalue weighted by Crippen LogP contribution is -2.14. The molecule has 0 saturated carbocycles. The first-order valence-electron chi connectivity index (χ1n) is 8.55. The van der Waals surface area contributed by atoms with Crippen molar-refractivity contribution in [2.45, 2.75) is 6.10 Å². The molecule has 1 heterocycles. The van der Waals surface area contributed by atoms with Gasteiger partial charge in [-0.1, -0.05) is 71.7 Å². The van der Waals surface area contributed by atoms with E-state index >= 15 is 0 Å². The Hall–Kier alpha value is -2.37. The molecule has 3 aromatic carbocycles. The number of aliphatic hydroxyl groups excluding tert-OH is 1. The van der Waals surface area contributed by atoms with Crippen LogP contribution >= 0.6 is 34.5 Å². The highest BCUT2D eigenvalue weighted by Crippen LogP contribution is 2.36. The summed E-state index contributed by atoms with van der Waals surface area (Å²) in [5.74, 6) is -0.324. The second-order valence-corrected chi connectivity index (χ2v) is 8.11. The Labute approximate surface area is 176 Å². The highest BCUT2D eigenvalue weighted by Gasteiger charge is 2.20. The van der Waals surface area contributed by atoms with Gasteiger partial charge in [-0.15, -0.1) is 11.3 Å². The van der Waals surface area contributed by atoms with E-state index < -0.39 is 6.10 Å². The van der Waals surface area contributed by atoms with Gasteiger partial charge >= 0.3 is 0 Å². The van der Waals surface area contributed by atoms with Gasteiger partial charge in [-0.25, -0.2) is 0 Å². The first kappa shape index (κ1) is 19.0. The summed E-state index contributed by atoms with van der Waals surface area (Å²) < 4.78 is 0.943. The van der Waals surface area contributed by atoms with Crippen LogP contribution in [0.5, 0.6) is 0 Å². The maximum Gasteiger partial charge on any atom is 0.267 e. The number of thiophene rings is 1. The van der Waals surface area contributed by atoms with Gasteiger partial charge < -0.3 is 10.4 Å². The molecule has 1 unspecified atom stereocenters. The predicted octanol–water partition coefficient (Wildman–Crippen LogP) is 6.54. The highest BCUT2D eigenvalue weighted by atomic mass is 35.5. The van der Waals surface area contributed by atoms with Gasteiger partial charge in [0, 0.05) is 26.4 Å². The number of nitrogens with one attached hydrogen (secondary N) is 1. The molecule has 3 nitrogen and oxygen atoms in total. The van der Waals surface area contributed by atoms with Crippen LogP contribution in [0.4, 0.5) is 5.69 Å². The highest BCUT2D eigenvalue weighted by molar-refractivity contribution is 7.21. The third-order valence-electron chi connectivity index (χ3n) is 4.41. The van der Waals surface area contributed by atoms with Crippen LogP contribution in [-0.4, -0.2) is 11.0 Å². The molecular weight excluding hydrogens is 413 g/mol. The number of aliphatic hydroxyl groups is 1. The first-order chi connectivity index (χ1) is 13.5. The van der Waals surface area contributed by atoms with Crippen molar-refractivity contribution >= 4 is 56.2 Å². The Balaban J connectivity index is 1.69. The Morgan fingerprint density at radius 3 is 2.43 bits per heavy atom. The Kier molecular flexibility index (Phi) is 5.38. The average molecular weight is 428 g/mol. The zero-order valence-corrected chi connectivity index (χ0v) is 16.9. The molecule has 2 N–H and O–H groups in total. The molecule has 0 radical (unpaired) electrons. The number of halogens is 2. The van der Waals surface area contributed by atoms with E-state index in [4.69, 9.17) is 23.2 Å². The van der Waals surface area contributed by atoms with Crippen molar-refractivity contribution in [2.24, 2.45) is 0 Å². The van der Waals surface area contributed by atoms with Crippen molar-refractivity contribution in [1.82, 2.24) is 0 Å². The normalized spacial score (nSPS) is 12.1. The van der Waals surface area contributed by atoms with Crippen molar-refractivity contribution < 1.29 is 9.90 Å². The average Bonchev–Trinajstić information content (AvgIpc) is 3.06. The number of fused-ring (bicyclic) bond motifs is 1. The second kappa shape index (κ2) is 7.94. The van der Waals surface area contributed by atoms with Gasteiger partial charge in [0.25, 0.3) is 5.91 Å². The number of carbonyl (C=O) groups excluding carboxylic acids is 1. The summed E-state index contributed by atoms with van der Waals surface area (Å²) in [6.07, 6.45) is -0.923. The van der Waals surface area contributed by atoms with Crippen LogP contribution in [0.2, 0.25) is 10.0 Å². The van der Waals surface area contributed by atoms with Crippen LogP contribution in [0.1, 0.15) is 26.9 Å². The largest absolute Gasteiger partial charge is 0.384 e. The molecule has 4 aromatic rings. The molecule has 4 rings (SSSR count). The molecular formula is C22H15Cl2NO2S. The summed E-state index contributed by atoms with van der Waals surface area (Å²) in [6, 6.07) is 21.8. The van der Waals surface area contributed by atoms with Crippen LogP contribution < -0.4 is 5.32 Å². The second-order valence-electron chi connectivity index (χ2n) is 6.24. The van der Waals surface area contributed by atoms with E-state index in [2.05, 4.69) is 5.32 Å². The van der Waals surface area contributed by atoms with E-state index in [0.717, 1.165) is 10.1 Å². The Bertz CT molecular complexity index is 1160. The molecule has 1 atom stereocenters. The molecule has 1 amide bonds. The zero-order valence-electron chi connectivity index (χ0n) is 14.5. The molecule has 0 spiro atoms. The first-order valence-corrected chi connectivity index (χ1v) is 10.1. The van der Waals surface area contributed by atoms with Gasteiger partial charge in [0.1, 0.15) is 11.0 Å². The molecule has 0 fully saturated rings. The summed E-state index contributed by atoms with van der Waals surface area (Å²) in [6.45, 7) is 0. The summed E-state index contributed by atoms with van der Waals surface area (Å²) in [7, 11) is 0. The van der Waals surface area contributed by atoms with Crippen LogP contribution in [0.25, 0.3) is 10.1 Å². The van der Waals surface area contributed by atoms with Gasteiger partial charge in [0.15, 0.2) is 0 Å². The van der Waals surface area contributed by atoms with Gasteiger partial charge in [0.05, 0.1) is 5.02 Å². The predicted molar refractivity (Wildman–Crippen MR) is 117 cm³/mol. The summed E-state index contributed by atoms with van der Waals surface area (Å²) >= 11 is 13.9. The van der Waals surface area contributed by atoms with Crippen LogP contribution in [-0.2, 0) is 0 Å². The number of hydrogen-bond donors (Lipinski definition) is 2. The summed E-state index contributed by atoms with van der Waals surface area (Å²) in [5.41, 5.74) is 1.71. The van der Waals surface area contributed by atoms with Crippen LogP contribution in [0.15, 0.2) is 72.8 Å². The Morgan fingerprint density at radius 1 is 0.964 bits per heavy atom. The molecule has 140 valence electrons. The zero-order chi connectivity index (χ0) is 19.7. The number of anilines is 1. The van der Waals surface area contributed by atoms with E-state index in [-0.39, 0.29) is 5.91 Å². The van der Waals surface area contributed by atoms with Crippen LogP contribution in [0.3, 0.4) is 0 Å². The van der Waals surface area contributed by atoms with Gasteiger partial charge in [0.2, 0.25) is 0 Å². The minimum Gasteiger partial charge on any atom is -0.384 e. The molecule has 0 aliphatic rings. The number of benzene rings is 3. The molecule has 0 saturated heterocycles. The number of carbonyl (C=O) groups is 1. The quantitative estimate of drug-likeness (QED) is 0.388. The maximum absolute atomic E-state index is 12.9. The SMILES string of the molecule is O=C(Nc1ccc(Cl)cc1C(O)c1ccccc1)c1sc2ccccc2c1Cl. The van der Waals surface area contributed by atoms with Crippen molar-refractivity contribution in [2.75, 3.05) is 5.32 Å².